The van der Waals surface area contributed by atoms with Crippen LogP contribution < -0.4 is 10.6 Å². The molecule has 0 bridgehead atoms. The Morgan fingerprint density at radius 3 is 2.87 bits per heavy atom. The minimum atomic E-state index is -4.51. The lowest BCUT2D eigenvalue weighted by Crippen LogP contribution is -2.38. The predicted molar refractivity (Wildman–Crippen MR) is 80.3 cm³/mol. The van der Waals surface area contributed by atoms with Gasteiger partial charge in [-0.05, 0) is 19.2 Å². The van der Waals surface area contributed by atoms with Gasteiger partial charge < -0.3 is 20.3 Å². The molecule has 0 saturated carbocycles. The highest BCUT2D eigenvalue weighted by Gasteiger charge is 2.33. The first-order valence-electron chi connectivity index (χ1n) is 7.33. The normalized spacial score (nSPS) is 19.9. The fourth-order valence-electron chi connectivity index (χ4n) is 2.42. The largest absolute Gasteiger partial charge is 0.418 e. The molecule has 0 radical (unpaired) electrons. The Bertz CT molecular complexity index is 537. The number of urea groups is 1. The van der Waals surface area contributed by atoms with Gasteiger partial charge in [-0.2, -0.15) is 13.2 Å². The molecule has 23 heavy (non-hydrogen) atoms. The van der Waals surface area contributed by atoms with E-state index in [9.17, 15) is 18.0 Å². The lowest BCUT2D eigenvalue weighted by Gasteiger charge is -2.19. The summed E-state index contributed by atoms with van der Waals surface area (Å²) < 4.78 is 44.0. The van der Waals surface area contributed by atoms with E-state index in [-0.39, 0.29) is 11.6 Å². The summed E-state index contributed by atoms with van der Waals surface area (Å²) in [7, 11) is 1.96. The Kier molecular flexibility index (Phi) is 5.84. The first kappa shape index (κ1) is 17.6. The van der Waals surface area contributed by atoms with Crippen LogP contribution in [0, 0.1) is 5.92 Å². The average Bonchev–Trinajstić information content (AvgIpc) is 2.69. The summed E-state index contributed by atoms with van der Waals surface area (Å²) >= 11 is 0. The molecule has 2 rings (SSSR count). The van der Waals surface area contributed by atoms with Gasteiger partial charge in [0.2, 0.25) is 0 Å². The first-order chi connectivity index (χ1) is 10.9. The van der Waals surface area contributed by atoms with Crippen LogP contribution in [0.5, 0.6) is 0 Å². The summed E-state index contributed by atoms with van der Waals surface area (Å²) in [6.45, 7) is 3.08. The molecule has 5 nitrogen and oxygen atoms in total. The third kappa shape index (κ3) is 5.40. The van der Waals surface area contributed by atoms with Crippen LogP contribution in [0.15, 0.2) is 24.3 Å². The number of hydrogen-bond acceptors (Lipinski definition) is 3. The number of para-hydroxylation sites is 1. The number of halogens is 3. The molecule has 2 amide bonds. The van der Waals surface area contributed by atoms with Crippen molar-refractivity contribution in [3.8, 4) is 0 Å². The number of alkyl halides is 3. The van der Waals surface area contributed by atoms with E-state index < -0.39 is 17.8 Å². The van der Waals surface area contributed by atoms with Gasteiger partial charge in [-0.15, -0.1) is 0 Å². The maximum absolute atomic E-state index is 12.9. The van der Waals surface area contributed by atoms with E-state index in [4.69, 9.17) is 4.74 Å². The van der Waals surface area contributed by atoms with Gasteiger partial charge in [0.25, 0.3) is 0 Å². The van der Waals surface area contributed by atoms with Crippen molar-refractivity contribution in [2.75, 3.05) is 45.2 Å². The highest BCUT2D eigenvalue weighted by Crippen LogP contribution is 2.34. The number of carbonyl (C=O) groups excluding carboxylic acids is 1. The number of carbonyl (C=O) groups is 1. The molecule has 1 aliphatic heterocycles. The molecular formula is C15H20F3N3O2. The van der Waals surface area contributed by atoms with E-state index in [1.165, 1.54) is 18.2 Å². The lowest BCUT2D eigenvalue weighted by atomic mass is 10.1. The van der Waals surface area contributed by atoms with Crippen LogP contribution in [0.1, 0.15) is 5.56 Å². The Balaban J connectivity index is 1.90. The molecule has 0 aromatic heterocycles. The number of nitrogens with zero attached hydrogens (tertiary/aromatic N) is 1. The number of anilines is 1. The van der Waals surface area contributed by atoms with Gasteiger partial charge in [-0.3, -0.25) is 0 Å². The van der Waals surface area contributed by atoms with Gasteiger partial charge >= 0.3 is 12.2 Å². The number of rotatable bonds is 3. The highest BCUT2D eigenvalue weighted by atomic mass is 19.4. The van der Waals surface area contributed by atoms with Crippen LogP contribution in [-0.2, 0) is 10.9 Å². The smallest absolute Gasteiger partial charge is 0.380 e. The Morgan fingerprint density at radius 2 is 2.13 bits per heavy atom. The molecule has 0 spiro atoms. The summed E-state index contributed by atoms with van der Waals surface area (Å²) in [5.41, 5.74) is -1.13. The number of hydrogen-bond donors (Lipinski definition) is 2. The van der Waals surface area contributed by atoms with Crippen molar-refractivity contribution in [3.63, 3.8) is 0 Å². The minimum Gasteiger partial charge on any atom is -0.380 e. The fourth-order valence-corrected chi connectivity index (χ4v) is 2.42. The number of likely N-dealkylation sites (N-methyl/N-ethyl adjacent to an activating group) is 1. The van der Waals surface area contributed by atoms with Crippen LogP contribution in [0.4, 0.5) is 23.7 Å². The third-order valence-corrected chi connectivity index (χ3v) is 3.57. The molecular weight excluding hydrogens is 311 g/mol. The molecule has 0 unspecified atom stereocenters. The van der Waals surface area contributed by atoms with Crippen LogP contribution in [0.2, 0.25) is 0 Å². The van der Waals surface area contributed by atoms with Crippen molar-refractivity contribution < 1.29 is 22.7 Å². The van der Waals surface area contributed by atoms with Crippen molar-refractivity contribution in [2.45, 2.75) is 6.18 Å². The van der Waals surface area contributed by atoms with Crippen LogP contribution in [0.25, 0.3) is 0 Å². The second-order valence-electron chi connectivity index (χ2n) is 5.58. The maximum Gasteiger partial charge on any atom is 0.418 e. The molecule has 128 valence electrons. The third-order valence-electron chi connectivity index (χ3n) is 3.57. The molecule has 0 aliphatic carbocycles. The minimum absolute atomic E-state index is 0.103. The summed E-state index contributed by atoms with van der Waals surface area (Å²) in [4.78, 5) is 14.0. The van der Waals surface area contributed by atoms with Crippen molar-refractivity contribution in [2.24, 2.45) is 5.92 Å². The number of amides is 2. The van der Waals surface area contributed by atoms with E-state index >= 15 is 0 Å². The van der Waals surface area contributed by atoms with Gasteiger partial charge in [0.15, 0.2) is 0 Å². The van der Waals surface area contributed by atoms with Crippen LogP contribution >= 0.6 is 0 Å². The van der Waals surface area contributed by atoms with Gasteiger partial charge in [0.1, 0.15) is 0 Å². The SMILES string of the molecule is CN1CCOC[C@H](CNC(=O)Nc2ccccc2C(F)(F)F)C1. The average molecular weight is 331 g/mol. The standard InChI is InChI=1S/C15H20F3N3O2/c1-21-6-7-23-10-11(9-21)8-19-14(22)20-13-5-3-2-4-12(13)15(16,17)18/h2-5,11H,6-10H2,1H3,(H2,19,20,22)/t11-/m1/s1. The Morgan fingerprint density at radius 1 is 1.39 bits per heavy atom. The van der Waals surface area contributed by atoms with Crippen molar-refractivity contribution in [1.82, 2.24) is 10.2 Å². The molecule has 1 fully saturated rings. The van der Waals surface area contributed by atoms with E-state index in [1.54, 1.807) is 0 Å². The van der Waals surface area contributed by atoms with Crippen molar-refractivity contribution >= 4 is 11.7 Å². The van der Waals surface area contributed by atoms with Gasteiger partial charge in [0, 0.05) is 25.6 Å². The van der Waals surface area contributed by atoms with E-state index in [2.05, 4.69) is 15.5 Å². The Labute approximate surface area is 132 Å². The molecule has 1 heterocycles. The van der Waals surface area contributed by atoms with Gasteiger partial charge in [-0.25, -0.2) is 4.79 Å². The van der Waals surface area contributed by atoms with Crippen LogP contribution in [-0.4, -0.2) is 50.8 Å². The molecule has 1 saturated heterocycles. The molecule has 1 aromatic rings. The summed E-state index contributed by atoms with van der Waals surface area (Å²) in [6.07, 6.45) is -4.51. The molecule has 1 atom stereocenters. The van der Waals surface area contributed by atoms with Gasteiger partial charge in [0.05, 0.1) is 24.5 Å². The second kappa shape index (κ2) is 7.65. The lowest BCUT2D eigenvalue weighted by molar-refractivity contribution is -0.136. The molecule has 8 heteroatoms. The summed E-state index contributed by atoms with van der Waals surface area (Å²) in [6, 6.07) is 4.23. The van der Waals surface area contributed by atoms with E-state index in [0.29, 0.717) is 19.8 Å². The zero-order valence-electron chi connectivity index (χ0n) is 12.8. The predicted octanol–water partition coefficient (Wildman–Crippen LogP) is 2.41. The Hall–Kier alpha value is -1.80. The van der Waals surface area contributed by atoms with Crippen molar-refractivity contribution in [1.29, 1.82) is 0 Å². The monoisotopic (exact) mass is 331 g/mol. The van der Waals surface area contributed by atoms with E-state index in [0.717, 1.165) is 19.2 Å². The topological polar surface area (TPSA) is 53.6 Å². The van der Waals surface area contributed by atoms with Gasteiger partial charge in [-0.1, -0.05) is 12.1 Å². The molecule has 1 aliphatic rings. The maximum atomic E-state index is 12.9. The summed E-state index contributed by atoms with van der Waals surface area (Å²) in [5, 5.41) is 4.86. The van der Waals surface area contributed by atoms with E-state index in [1.807, 2.05) is 7.05 Å². The number of nitrogens with one attached hydrogen (secondary N) is 2. The highest BCUT2D eigenvalue weighted by molar-refractivity contribution is 5.90. The first-order valence-corrected chi connectivity index (χ1v) is 7.33. The zero-order chi connectivity index (χ0) is 16.9. The summed E-state index contributed by atoms with van der Waals surface area (Å²) in [5.74, 6) is 0.103. The number of ether oxygens (including phenoxy) is 1. The fraction of sp³-hybridized carbons (Fsp3) is 0.533. The second-order valence-corrected chi connectivity index (χ2v) is 5.58. The van der Waals surface area contributed by atoms with Crippen LogP contribution in [0.3, 0.4) is 0 Å². The quantitative estimate of drug-likeness (QED) is 0.894. The molecule has 2 N–H and O–H groups in total. The van der Waals surface area contributed by atoms with Crippen molar-refractivity contribution in [3.05, 3.63) is 29.8 Å². The number of benzene rings is 1. The molecule has 1 aromatic carbocycles. The zero-order valence-corrected chi connectivity index (χ0v) is 12.8.